The molecule has 1 aliphatic rings. The molecule has 0 radical (unpaired) electrons. The van der Waals surface area contributed by atoms with Crippen LogP contribution >= 0.6 is 24.0 Å². The van der Waals surface area contributed by atoms with Crippen molar-refractivity contribution in [3.63, 3.8) is 0 Å². The summed E-state index contributed by atoms with van der Waals surface area (Å²) in [6, 6.07) is 3.60. The standard InChI is InChI=1S/C17H25ClN2O3.ClH/c1-3-23-15-13(18)9-12(10-14(15)22-2)11-20-16(21)17(19)7-5-4-6-8-17;/h9-10H,3-8,11,19H2,1-2H3,(H,20,21);1H. The number of rotatable bonds is 6. The maximum Gasteiger partial charge on any atom is 0.240 e. The average molecular weight is 377 g/mol. The summed E-state index contributed by atoms with van der Waals surface area (Å²) < 4.78 is 10.8. The molecule has 1 saturated carbocycles. The van der Waals surface area contributed by atoms with Crippen molar-refractivity contribution < 1.29 is 14.3 Å². The predicted molar refractivity (Wildman–Crippen MR) is 98.3 cm³/mol. The summed E-state index contributed by atoms with van der Waals surface area (Å²) in [5.41, 5.74) is 6.34. The molecule has 136 valence electrons. The van der Waals surface area contributed by atoms with E-state index in [0.29, 0.717) is 29.7 Å². The van der Waals surface area contributed by atoms with Crippen LogP contribution in [0.4, 0.5) is 0 Å². The number of amides is 1. The number of nitrogens with two attached hydrogens (primary N) is 1. The smallest absolute Gasteiger partial charge is 0.240 e. The maximum absolute atomic E-state index is 12.4. The van der Waals surface area contributed by atoms with Crippen LogP contribution in [-0.2, 0) is 11.3 Å². The van der Waals surface area contributed by atoms with Gasteiger partial charge in [-0.3, -0.25) is 4.79 Å². The van der Waals surface area contributed by atoms with Gasteiger partial charge in [0.25, 0.3) is 0 Å². The van der Waals surface area contributed by atoms with E-state index in [-0.39, 0.29) is 18.3 Å². The van der Waals surface area contributed by atoms with E-state index in [9.17, 15) is 4.79 Å². The van der Waals surface area contributed by atoms with Gasteiger partial charge >= 0.3 is 0 Å². The Morgan fingerprint density at radius 2 is 2.00 bits per heavy atom. The number of nitrogens with one attached hydrogen (secondary N) is 1. The average Bonchev–Trinajstić information content (AvgIpc) is 2.55. The van der Waals surface area contributed by atoms with Crippen molar-refractivity contribution in [2.75, 3.05) is 13.7 Å². The number of methoxy groups -OCH3 is 1. The Morgan fingerprint density at radius 3 is 2.58 bits per heavy atom. The predicted octanol–water partition coefficient (Wildman–Crippen LogP) is 3.45. The Labute approximate surface area is 154 Å². The number of hydrogen-bond donors (Lipinski definition) is 2. The molecule has 0 spiro atoms. The largest absolute Gasteiger partial charge is 0.493 e. The molecule has 0 bridgehead atoms. The third-order valence-corrected chi connectivity index (χ3v) is 4.51. The highest BCUT2D eigenvalue weighted by atomic mass is 35.5. The van der Waals surface area contributed by atoms with Crippen molar-refractivity contribution in [2.24, 2.45) is 5.73 Å². The van der Waals surface area contributed by atoms with Crippen molar-refractivity contribution in [2.45, 2.75) is 51.1 Å². The number of carbonyl (C=O) groups is 1. The third kappa shape index (κ3) is 4.91. The van der Waals surface area contributed by atoms with E-state index in [0.717, 1.165) is 37.7 Å². The molecule has 0 heterocycles. The Kier molecular flexibility index (Phi) is 8.13. The minimum atomic E-state index is -0.739. The highest BCUT2D eigenvalue weighted by Crippen LogP contribution is 2.36. The number of benzene rings is 1. The van der Waals surface area contributed by atoms with Gasteiger partial charge in [0.15, 0.2) is 11.5 Å². The van der Waals surface area contributed by atoms with Gasteiger partial charge in [0.05, 0.1) is 24.3 Å². The van der Waals surface area contributed by atoms with E-state index in [1.807, 2.05) is 13.0 Å². The van der Waals surface area contributed by atoms with Crippen LogP contribution < -0.4 is 20.5 Å². The zero-order chi connectivity index (χ0) is 16.9. The summed E-state index contributed by atoms with van der Waals surface area (Å²) in [4.78, 5) is 12.4. The zero-order valence-corrected chi connectivity index (χ0v) is 15.8. The molecule has 0 aromatic heterocycles. The van der Waals surface area contributed by atoms with Gasteiger partial charge in [-0.1, -0.05) is 30.9 Å². The first-order valence-electron chi connectivity index (χ1n) is 8.06. The molecule has 1 aromatic rings. The van der Waals surface area contributed by atoms with Gasteiger partial charge in [-0.2, -0.15) is 0 Å². The summed E-state index contributed by atoms with van der Waals surface area (Å²) in [6.45, 7) is 2.75. The zero-order valence-electron chi connectivity index (χ0n) is 14.2. The lowest BCUT2D eigenvalue weighted by Gasteiger charge is -2.31. The lowest BCUT2D eigenvalue weighted by molar-refractivity contribution is -0.127. The van der Waals surface area contributed by atoms with Crippen LogP contribution in [0.25, 0.3) is 0 Å². The number of hydrogen-bond acceptors (Lipinski definition) is 4. The quantitative estimate of drug-likeness (QED) is 0.797. The van der Waals surface area contributed by atoms with Gasteiger partial charge in [-0.15, -0.1) is 12.4 Å². The molecule has 1 fully saturated rings. The van der Waals surface area contributed by atoms with E-state index >= 15 is 0 Å². The molecule has 24 heavy (non-hydrogen) atoms. The van der Waals surface area contributed by atoms with Crippen molar-refractivity contribution >= 4 is 29.9 Å². The molecule has 0 atom stereocenters. The fourth-order valence-corrected chi connectivity index (χ4v) is 3.22. The van der Waals surface area contributed by atoms with Crippen LogP contribution in [0.5, 0.6) is 11.5 Å². The van der Waals surface area contributed by atoms with Crippen molar-refractivity contribution in [3.05, 3.63) is 22.7 Å². The first kappa shape index (κ1) is 20.9. The fourth-order valence-electron chi connectivity index (χ4n) is 2.93. The van der Waals surface area contributed by atoms with E-state index in [2.05, 4.69) is 5.32 Å². The minimum absolute atomic E-state index is 0. The molecule has 0 unspecified atom stereocenters. The number of ether oxygens (including phenoxy) is 2. The number of halogens is 2. The first-order chi connectivity index (χ1) is 11.0. The lowest BCUT2D eigenvalue weighted by atomic mass is 9.82. The van der Waals surface area contributed by atoms with Crippen LogP contribution in [0, 0.1) is 0 Å². The molecule has 0 aliphatic heterocycles. The minimum Gasteiger partial charge on any atom is -0.493 e. The first-order valence-corrected chi connectivity index (χ1v) is 8.44. The second-order valence-electron chi connectivity index (χ2n) is 5.94. The summed E-state index contributed by atoms with van der Waals surface area (Å²) in [5.74, 6) is 0.985. The maximum atomic E-state index is 12.4. The summed E-state index contributed by atoms with van der Waals surface area (Å²) in [7, 11) is 1.56. The highest BCUT2D eigenvalue weighted by molar-refractivity contribution is 6.32. The molecule has 0 saturated heterocycles. The summed E-state index contributed by atoms with van der Waals surface area (Å²) in [6.07, 6.45) is 4.65. The normalized spacial score (nSPS) is 16.0. The molecule has 5 nitrogen and oxygen atoms in total. The van der Waals surface area contributed by atoms with E-state index < -0.39 is 5.54 Å². The van der Waals surface area contributed by atoms with E-state index in [4.69, 9.17) is 26.8 Å². The van der Waals surface area contributed by atoms with Gasteiger partial charge in [0, 0.05) is 6.54 Å². The van der Waals surface area contributed by atoms with Crippen LogP contribution in [0.1, 0.15) is 44.6 Å². The number of carbonyl (C=O) groups excluding carboxylic acids is 1. The van der Waals surface area contributed by atoms with Crippen LogP contribution in [0.3, 0.4) is 0 Å². The highest BCUT2D eigenvalue weighted by Gasteiger charge is 2.34. The third-order valence-electron chi connectivity index (χ3n) is 4.23. The Morgan fingerprint density at radius 1 is 1.33 bits per heavy atom. The Balaban J connectivity index is 0.00000288. The molecule has 1 aromatic carbocycles. The Bertz CT molecular complexity index is 561. The van der Waals surface area contributed by atoms with Gasteiger partial charge in [-0.05, 0) is 37.5 Å². The van der Waals surface area contributed by atoms with Crippen molar-refractivity contribution in [1.29, 1.82) is 0 Å². The van der Waals surface area contributed by atoms with Gasteiger partial charge in [0.1, 0.15) is 0 Å². The second kappa shape index (κ2) is 9.35. The molecule has 1 amide bonds. The Hall–Kier alpha value is -1.17. The molecule has 2 rings (SSSR count). The van der Waals surface area contributed by atoms with Gasteiger partial charge in [0.2, 0.25) is 5.91 Å². The van der Waals surface area contributed by atoms with Gasteiger partial charge in [-0.25, -0.2) is 0 Å². The van der Waals surface area contributed by atoms with Crippen LogP contribution in [-0.4, -0.2) is 25.2 Å². The lowest BCUT2D eigenvalue weighted by Crippen LogP contribution is -2.54. The molecule has 7 heteroatoms. The van der Waals surface area contributed by atoms with Gasteiger partial charge < -0.3 is 20.5 Å². The topological polar surface area (TPSA) is 73.6 Å². The van der Waals surface area contributed by atoms with E-state index in [1.54, 1.807) is 13.2 Å². The summed E-state index contributed by atoms with van der Waals surface area (Å²) in [5, 5.41) is 3.39. The monoisotopic (exact) mass is 376 g/mol. The summed E-state index contributed by atoms with van der Waals surface area (Å²) >= 11 is 6.24. The molecule has 3 N–H and O–H groups in total. The van der Waals surface area contributed by atoms with Crippen LogP contribution in [0.15, 0.2) is 12.1 Å². The van der Waals surface area contributed by atoms with Crippen LogP contribution in [0.2, 0.25) is 5.02 Å². The SMILES string of the molecule is CCOc1c(Cl)cc(CNC(=O)C2(N)CCCCC2)cc1OC.Cl. The fraction of sp³-hybridized carbons (Fsp3) is 0.588. The van der Waals surface area contributed by atoms with E-state index in [1.165, 1.54) is 0 Å². The second-order valence-corrected chi connectivity index (χ2v) is 6.35. The van der Waals surface area contributed by atoms with Crippen molar-refractivity contribution in [1.82, 2.24) is 5.32 Å². The molecular formula is C17H26Cl2N2O3. The molecule has 1 aliphatic carbocycles. The van der Waals surface area contributed by atoms with Crippen molar-refractivity contribution in [3.8, 4) is 11.5 Å². The molecular weight excluding hydrogens is 351 g/mol.